The third-order valence-corrected chi connectivity index (χ3v) is 3.53. The van der Waals surface area contributed by atoms with Crippen molar-refractivity contribution in [3.63, 3.8) is 0 Å². The predicted molar refractivity (Wildman–Crippen MR) is 85.8 cm³/mol. The molecule has 2 rings (SSSR count). The van der Waals surface area contributed by atoms with E-state index in [1.807, 2.05) is 25.1 Å². The standard InChI is InChI=1S/C17H23N3O/c1-4-10-18-17(21)19-12-15-11-13(2)20(14(15)3)16-8-6-5-7-9-16/h5-9,11H,4,10,12H2,1-3H3,(H2,18,19,21). The van der Waals surface area contributed by atoms with Crippen LogP contribution in [-0.2, 0) is 6.54 Å². The average molecular weight is 285 g/mol. The summed E-state index contributed by atoms with van der Waals surface area (Å²) >= 11 is 0. The van der Waals surface area contributed by atoms with Crippen molar-refractivity contribution in [3.8, 4) is 5.69 Å². The fourth-order valence-electron chi connectivity index (χ4n) is 2.46. The molecule has 0 atom stereocenters. The highest BCUT2D eigenvalue weighted by atomic mass is 16.2. The van der Waals surface area contributed by atoms with E-state index < -0.39 is 0 Å². The van der Waals surface area contributed by atoms with E-state index in [-0.39, 0.29) is 6.03 Å². The van der Waals surface area contributed by atoms with E-state index in [4.69, 9.17) is 0 Å². The molecule has 0 saturated carbocycles. The fraction of sp³-hybridized carbons (Fsp3) is 0.353. The molecule has 2 amide bonds. The summed E-state index contributed by atoms with van der Waals surface area (Å²) < 4.78 is 2.21. The van der Waals surface area contributed by atoms with Gasteiger partial charge in [0.05, 0.1) is 0 Å². The monoisotopic (exact) mass is 285 g/mol. The van der Waals surface area contributed by atoms with Gasteiger partial charge in [0.25, 0.3) is 0 Å². The van der Waals surface area contributed by atoms with Crippen LogP contribution in [0.15, 0.2) is 36.4 Å². The highest BCUT2D eigenvalue weighted by molar-refractivity contribution is 5.73. The first-order valence-electron chi connectivity index (χ1n) is 7.38. The van der Waals surface area contributed by atoms with Crippen molar-refractivity contribution in [2.75, 3.05) is 6.54 Å². The van der Waals surface area contributed by atoms with Gasteiger partial charge in [-0.3, -0.25) is 0 Å². The third-order valence-electron chi connectivity index (χ3n) is 3.53. The lowest BCUT2D eigenvalue weighted by atomic mass is 10.2. The summed E-state index contributed by atoms with van der Waals surface area (Å²) in [6, 6.07) is 12.3. The molecule has 0 radical (unpaired) electrons. The van der Waals surface area contributed by atoms with E-state index in [0.717, 1.165) is 23.4 Å². The van der Waals surface area contributed by atoms with Gasteiger partial charge in [0, 0.05) is 30.2 Å². The van der Waals surface area contributed by atoms with Crippen LogP contribution < -0.4 is 10.6 Å². The number of aromatic nitrogens is 1. The zero-order chi connectivity index (χ0) is 15.2. The van der Waals surface area contributed by atoms with Crippen LogP contribution in [0.25, 0.3) is 5.69 Å². The first-order chi connectivity index (χ1) is 10.1. The van der Waals surface area contributed by atoms with Gasteiger partial charge in [0.2, 0.25) is 0 Å². The van der Waals surface area contributed by atoms with Crippen molar-refractivity contribution in [1.82, 2.24) is 15.2 Å². The minimum absolute atomic E-state index is 0.110. The number of nitrogens with zero attached hydrogens (tertiary/aromatic N) is 1. The highest BCUT2D eigenvalue weighted by Crippen LogP contribution is 2.20. The summed E-state index contributed by atoms with van der Waals surface area (Å²) in [5.41, 5.74) is 4.62. The zero-order valence-electron chi connectivity index (χ0n) is 12.9. The lowest BCUT2D eigenvalue weighted by Gasteiger charge is -2.10. The number of rotatable bonds is 5. The molecule has 0 saturated heterocycles. The molecule has 0 aliphatic carbocycles. The van der Waals surface area contributed by atoms with E-state index in [9.17, 15) is 4.79 Å². The molecule has 0 fully saturated rings. The SMILES string of the molecule is CCCNC(=O)NCc1cc(C)n(-c2ccccc2)c1C. The van der Waals surface area contributed by atoms with Gasteiger partial charge in [0.15, 0.2) is 0 Å². The molecule has 2 N–H and O–H groups in total. The zero-order valence-corrected chi connectivity index (χ0v) is 12.9. The summed E-state index contributed by atoms with van der Waals surface area (Å²) in [7, 11) is 0. The van der Waals surface area contributed by atoms with Gasteiger partial charge in [-0.2, -0.15) is 0 Å². The summed E-state index contributed by atoms with van der Waals surface area (Å²) in [6.07, 6.45) is 0.940. The molecule has 1 aromatic heterocycles. The minimum atomic E-state index is -0.110. The largest absolute Gasteiger partial charge is 0.338 e. The van der Waals surface area contributed by atoms with Gasteiger partial charge in [-0.15, -0.1) is 0 Å². The first-order valence-corrected chi connectivity index (χ1v) is 7.38. The maximum atomic E-state index is 11.6. The van der Waals surface area contributed by atoms with Crippen LogP contribution in [0.3, 0.4) is 0 Å². The maximum absolute atomic E-state index is 11.6. The van der Waals surface area contributed by atoms with E-state index in [0.29, 0.717) is 13.1 Å². The molecule has 21 heavy (non-hydrogen) atoms. The van der Waals surface area contributed by atoms with Crippen LogP contribution in [-0.4, -0.2) is 17.1 Å². The first kappa shape index (κ1) is 15.2. The Morgan fingerprint density at radius 2 is 1.86 bits per heavy atom. The number of carbonyl (C=O) groups is 1. The van der Waals surface area contributed by atoms with Gasteiger partial charge in [-0.05, 0) is 44.0 Å². The van der Waals surface area contributed by atoms with Crippen LogP contribution in [0.5, 0.6) is 0 Å². The molecule has 1 heterocycles. The summed E-state index contributed by atoms with van der Waals surface area (Å²) in [4.78, 5) is 11.6. The Bertz CT molecular complexity index is 602. The predicted octanol–water partition coefficient (Wildman–Crippen LogP) is 3.30. The molecular formula is C17H23N3O. The number of hydrogen-bond donors (Lipinski definition) is 2. The molecule has 0 aliphatic rings. The van der Waals surface area contributed by atoms with Crippen molar-refractivity contribution in [2.45, 2.75) is 33.7 Å². The lowest BCUT2D eigenvalue weighted by Crippen LogP contribution is -2.35. The molecule has 4 nitrogen and oxygen atoms in total. The van der Waals surface area contributed by atoms with E-state index in [2.05, 4.69) is 47.2 Å². The van der Waals surface area contributed by atoms with Crippen molar-refractivity contribution in [3.05, 3.63) is 53.3 Å². The van der Waals surface area contributed by atoms with Crippen molar-refractivity contribution < 1.29 is 4.79 Å². The Hall–Kier alpha value is -2.23. The van der Waals surface area contributed by atoms with E-state index in [1.54, 1.807) is 0 Å². The summed E-state index contributed by atoms with van der Waals surface area (Å²) in [5, 5.41) is 5.72. The van der Waals surface area contributed by atoms with Crippen LogP contribution in [0, 0.1) is 13.8 Å². The maximum Gasteiger partial charge on any atom is 0.315 e. The van der Waals surface area contributed by atoms with E-state index in [1.165, 1.54) is 5.69 Å². The molecule has 0 bridgehead atoms. The highest BCUT2D eigenvalue weighted by Gasteiger charge is 2.11. The number of carbonyl (C=O) groups excluding carboxylic acids is 1. The van der Waals surface area contributed by atoms with Crippen LogP contribution in [0.4, 0.5) is 4.79 Å². The Labute approximate surface area is 126 Å². The fourth-order valence-corrected chi connectivity index (χ4v) is 2.46. The van der Waals surface area contributed by atoms with E-state index >= 15 is 0 Å². The number of hydrogen-bond acceptors (Lipinski definition) is 1. The molecule has 0 spiro atoms. The average Bonchev–Trinajstić information content (AvgIpc) is 2.78. The smallest absolute Gasteiger partial charge is 0.315 e. The number of nitrogens with one attached hydrogen (secondary N) is 2. The lowest BCUT2D eigenvalue weighted by molar-refractivity contribution is 0.240. The van der Waals surface area contributed by atoms with Gasteiger partial charge in [-0.1, -0.05) is 25.1 Å². The minimum Gasteiger partial charge on any atom is -0.338 e. The number of amides is 2. The number of aryl methyl sites for hydroxylation is 1. The molecule has 0 unspecified atom stereocenters. The Balaban J connectivity index is 2.11. The van der Waals surface area contributed by atoms with Crippen molar-refractivity contribution >= 4 is 6.03 Å². The molecule has 1 aromatic carbocycles. The molecular weight excluding hydrogens is 262 g/mol. The van der Waals surface area contributed by atoms with Gasteiger partial charge in [-0.25, -0.2) is 4.79 Å². The second kappa shape index (κ2) is 6.97. The van der Waals surface area contributed by atoms with Gasteiger partial charge < -0.3 is 15.2 Å². The Morgan fingerprint density at radius 1 is 1.14 bits per heavy atom. The van der Waals surface area contributed by atoms with Crippen LogP contribution in [0.2, 0.25) is 0 Å². The molecule has 112 valence electrons. The second-order valence-corrected chi connectivity index (χ2v) is 5.18. The normalized spacial score (nSPS) is 10.4. The number of para-hydroxylation sites is 1. The van der Waals surface area contributed by atoms with Gasteiger partial charge in [0.1, 0.15) is 0 Å². The third kappa shape index (κ3) is 3.66. The Kier molecular flexibility index (Phi) is 5.04. The molecule has 4 heteroatoms. The topological polar surface area (TPSA) is 46.1 Å². The van der Waals surface area contributed by atoms with Crippen molar-refractivity contribution in [1.29, 1.82) is 0 Å². The van der Waals surface area contributed by atoms with Crippen molar-refractivity contribution in [2.24, 2.45) is 0 Å². The number of urea groups is 1. The molecule has 0 aliphatic heterocycles. The Morgan fingerprint density at radius 3 is 2.52 bits per heavy atom. The summed E-state index contributed by atoms with van der Waals surface area (Å²) in [6.45, 7) is 7.45. The molecule has 2 aromatic rings. The van der Waals surface area contributed by atoms with Gasteiger partial charge >= 0.3 is 6.03 Å². The summed E-state index contributed by atoms with van der Waals surface area (Å²) in [5.74, 6) is 0. The van der Waals surface area contributed by atoms with Crippen LogP contribution in [0.1, 0.15) is 30.3 Å². The van der Waals surface area contributed by atoms with Crippen LogP contribution >= 0.6 is 0 Å². The number of benzene rings is 1. The second-order valence-electron chi connectivity index (χ2n) is 5.18. The quantitative estimate of drug-likeness (QED) is 0.870.